The molecule has 7 nitrogen and oxygen atoms in total. The number of alkyl halides is 3. The van der Waals surface area contributed by atoms with Crippen LogP contribution < -0.4 is 20.7 Å². The predicted octanol–water partition coefficient (Wildman–Crippen LogP) is 8.60. The second kappa shape index (κ2) is 15.9. The van der Waals surface area contributed by atoms with Gasteiger partial charge in [0.2, 0.25) is 5.91 Å². The molecule has 5 rings (SSSR count). The molecule has 0 fully saturated rings. The van der Waals surface area contributed by atoms with Crippen LogP contribution in [0.3, 0.4) is 0 Å². The molecule has 0 aliphatic carbocycles. The Kier molecular flexibility index (Phi) is 11.2. The van der Waals surface area contributed by atoms with Crippen LogP contribution in [0.2, 0.25) is 0 Å². The molecule has 0 spiro atoms. The smallest absolute Gasteiger partial charge is 0.418 e. The fraction of sp³-hybridized carbons (Fsp3) is 0.0789. The standard InChI is InChI=1S/C38H30F3N3O4S/c1-48-29-21-19-25(20-22-29)23-33(44-35(45)27-13-6-3-7-14-27)36(46)42-28-15-10-16-30(24-28)49-34(26-11-4-2-5-12-26)37(47)43-32-18-9-8-17-31(32)38(39,40)41/h2-24,34H,1H3,(H,42,46)(H,43,47)(H,44,45)/b33-23+. The third-order valence-electron chi connectivity index (χ3n) is 7.13. The third kappa shape index (κ3) is 9.39. The van der Waals surface area contributed by atoms with Gasteiger partial charge < -0.3 is 20.7 Å². The molecule has 0 bridgehead atoms. The van der Waals surface area contributed by atoms with Crippen molar-refractivity contribution in [3.05, 3.63) is 161 Å². The summed E-state index contributed by atoms with van der Waals surface area (Å²) in [7, 11) is 1.54. The van der Waals surface area contributed by atoms with E-state index >= 15 is 0 Å². The zero-order valence-electron chi connectivity index (χ0n) is 26.0. The minimum absolute atomic E-state index is 0.0260. The first kappa shape index (κ1) is 34.5. The molecule has 0 aliphatic heterocycles. The average Bonchev–Trinajstić information content (AvgIpc) is 3.11. The minimum Gasteiger partial charge on any atom is -0.497 e. The molecule has 0 saturated heterocycles. The lowest BCUT2D eigenvalue weighted by Gasteiger charge is -2.19. The van der Waals surface area contributed by atoms with E-state index in [0.717, 1.165) is 17.8 Å². The maximum Gasteiger partial charge on any atom is 0.418 e. The van der Waals surface area contributed by atoms with Crippen molar-refractivity contribution < 1.29 is 32.3 Å². The molecule has 0 aromatic heterocycles. The van der Waals surface area contributed by atoms with E-state index in [2.05, 4.69) is 16.0 Å². The van der Waals surface area contributed by atoms with E-state index in [9.17, 15) is 27.6 Å². The number of hydrogen-bond acceptors (Lipinski definition) is 5. The number of methoxy groups -OCH3 is 1. The summed E-state index contributed by atoms with van der Waals surface area (Å²) in [6.45, 7) is 0. The summed E-state index contributed by atoms with van der Waals surface area (Å²) in [5.74, 6) is -1.12. The maximum atomic E-state index is 13.7. The van der Waals surface area contributed by atoms with Gasteiger partial charge in [-0.1, -0.05) is 78.9 Å². The molecule has 0 saturated carbocycles. The van der Waals surface area contributed by atoms with Crippen LogP contribution in [0.1, 0.15) is 32.3 Å². The number of benzene rings is 5. The summed E-state index contributed by atoms with van der Waals surface area (Å²) in [4.78, 5) is 40.7. The van der Waals surface area contributed by atoms with Crippen LogP contribution in [0.25, 0.3) is 6.08 Å². The molecule has 3 N–H and O–H groups in total. The second-order valence-corrected chi connectivity index (χ2v) is 11.8. The van der Waals surface area contributed by atoms with Crippen LogP contribution in [0.5, 0.6) is 5.75 Å². The first-order chi connectivity index (χ1) is 23.6. The van der Waals surface area contributed by atoms with Gasteiger partial charge in [-0.25, -0.2) is 0 Å². The molecule has 0 radical (unpaired) electrons. The first-order valence-corrected chi connectivity index (χ1v) is 15.8. The number of amides is 3. The minimum atomic E-state index is -4.66. The molecule has 49 heavy (non-hydrogen) atoms. The van der Waals surface area contributed by atoms with Crippen molar-refractivity contribution in [2.24, 2.45) is 0 Å². The number of ether oxygens (including phenoxy) is 1. The normalized spacial score (nSPS) is 12.0. The van der Waals surface area contributed by atoms with Crippen LogP contribution in [0, 0.1) is 0 Å². The van der Waals surface area contributed by atoms with Gasteiger partial charge in [0, 0.05) is 16.1 Å². The van der Waals surface area contributed by atoms with Gasteiger partial charge in [0.1, 0.15) is 16.7 Å². The molecule has 0 aliphatic rings. The molecule has 1 atom stereocenters. The van der Waals surface area contributed by atoms with E-state index in [1.165, 1.54) is 31.4 Å². The van der Waals surface area contributed by atoms with Gasteiger partial charge in [0.15, 0.2) is 0 Å². The number of carbonyl (C=O) groups excluding carboxylic acids is 3. The van der Waals surface area contributed by atoms with Gasteiger partial charge in [-0.3, -0.25) is 14.4 Å². The van der Waals surface area contributed by atoms with Crippen LogP contribution in [0.15, 0.2) is 144 Å². The Bertz CT molecular complexity index is 1950. The van der Waals surface area contributed by atoms with E-state index in [1.54, 1.807) is 109 Å². The summed E-state index contributed by atoms with van der Waals surface area (Å²) in [6.07, 6.45) is -3.13. The van der Waals surface area contributed by atoms with Gasteiger partial charge >= 0.3 is 6.18 Å². The molecule has 1 unspecified atom stereocenters. The monoisotopic (exact) mass is 681 g/mol. The highest BCUT2D eigenvalue weighted by atomic mass is 32.2. The Morgan fingerprint density at radius 3 is 2.08 bits per heavy atom. The molecule has 248 valence electrons. The van der Waals surface area contributed by atoms with Gasteiger partial charge in [-0.15, -0.1) is 11.8 Å². The van der Waals surface area contributed by atoms with Gasteiger partial charge in [-0.05, 0) is 71.8 Å². The van der Waals surface area contributed by atoms with E-state index in [1.807, 2.05) is 0 Å². The lowest BCUT2D eigenvalue weighted by Crippen LogP contribution is -2.30. The number of nitrogens with one attached hydrogen (secondary N) is 3. The Morgan fingerprint density at radius 2 is 1.41 bits per heavy atom. The number of carbonyl (C=O) groups is 3. The zero-order valence-corrected chi connectivity index (χ0v) is 26.8. The van der Waals surface area contributed by atoms with Crippen LogP contribution in [0.4, 0.5) is 24.5 Å². The number of thioether (sulfide) groups is 1. The number of anilines is 2. The Morgan fingerprint density at radius 1 is 0.755 bits per heavy atom. The average molecular weight is 682 g/mol. The lowest BCUT2D eigenvalue weighted by atomic mass is 10.1. The van der Waals surface area contributed by atoms with Crippen molar-refractivity contribution in [2.75, 3.05) is 17.7 Å². The summed E-state index contributed by atoms with van der Waals surface area (Å²) in [6, 6.07) is 35.5. The van der Waals surface area contributed by atoms with Crippen LogP contribution >= 0.6 is 11.8 Å². The van der Waals surface area contributed by atoms with Crippen LogP contribution in [-0.2, 0) is 15.8 Å². The number of hydrogen-bond donors (Lipinski definition) is 3. The van der Waals surface area contributed by atoms with Gasteiger partial charge in [0.25, 0.3) is 11.8 Å². The number of para-hydroxylation sites is 1. The Hall–Kier alpha value is -5.81. The summed E-state index contributed by atoms with van der Waals surface area (Å²) < 4.78 is 46.2. The molecule has 3 amide bonds. The molecule has 5 aromatic rings. The Labute approximate surface area is 285 Å². The van der Waals surface area contributed by atoms with E-state index in [-0.39, 0.29) is 11.4 Å². The van der Waals surface area contributed by atoms with Crippen molar-refractivity contribution >= 4 is 46.9 Å². The maximum absolute atomic E-state index is 13.7. The fourth-order valence-corrected chi connectivity index (χ4v) is 5.81. The molecule has 5 aromatic carbocycles. The lowest BCUT2D eigenvalue weighted by molar-refractivity contribution is -0.137. The van der Waals surface area contributed by atoms with Gasteiger partial charge in [-0.2, -0.15) is 13.2 Å². The van der Waals surface area contributed by atoms with Crippen molar-refractivity contribution in [3.63, 3.8) is 0 Å². The van der Waals surface area contributed by atoms with Crippen molar-refractivity contribution in [3.8, 4) is 5.75 Å². The largest absolute Gasteiger partial charge is 0.497 e. The highest BCUT2D eigenvalue weighted by Gasteiger charge is 2.34. The number of rotatable bonds is 11. The first-order valence-electron chi connectivity index (χ1n) is 14.9. The topological polar surface area (TPSA) is 96.5 Å². The van der Waals surface area contributed by atoms with E-state index in [0.29, 0.717) is 33.0 Å². The number of halogens is 3. The highest BCUT2D eigenvalue weighted by Crippen LogP contribution is 2.39. The fourth-order valence-electron chi connectivity index (χ4n) is 4.73. The quantitative estimate of drug-likeness (QED) is 0.0959. The SMILES string of the molecule is COc1ccc(/C=C(/NC(=O)c2ccccc2)C(=O)Nc2cccc(SC(C(=O)Nc3ccccc3C(F)(F)F)c3ccccc3)c2)cc1. The summed E-state index contributed by atoms with van der Waals surface area (Å²) in [5.41, 5.74) is 0.585. The summed E-state index contributed by atoms with van der Waals surface area (Å²) in [5, 5.41) is 7.01. The molecule has 11 heteroatoms. The second-order valence-electron chi connectivity index (χ2n) is 10.6. The van der Waals surface area contributed by atoms with Gasteiger partial charge in [0.05, 0.1) is 18.4 Å². The van der Waals surface area contributed by atoms with Crippen molar-refractivity contribution in [1.29, 1.82) is 0 Å². The third-order valence-corrected chi connectivity index (χ3v) is 8.38. The zero-order chi connectivity index (χ0) is 34.8. The van der Waals surface area contributed by atoms with Crippen molar-refractivity contribution in [2.45, 2.75) is 16.3 Å². The summed E-state index contributed by atoms with van der Waals surface area (Å²) >= 11 is 1.11. The molecule has 0 heterocycles. The Balaban J connectivity index is 1.39. The van der Waals surface area contributed by atoms with Crippen molar-refractivity contribution in [1.82, 2.24) is 5.32 Å². The predicted molar refractivity (Wildman–Crippen MR) is 185 cm³/mol. The highest BCUT2D eigenvalue weighted by molar-refractivity contribution is 8.00. The molecular formula is C38H30F3N3O4S. The van der Waals surface area contributed by atoms with E-state index < -0.39 is 34.7 Å². The molecular weight excluding hydrogens is 651 g/mol. The van der Waals surface area contributed by atoms with Crippen LogP contribution in [-0.4, -0.2) is 24.8 Å². The van der Waals surface area contributed by atoms with E-state index in [4.69, 9.17) is 4.74 Å².